The van der Waals surface area contributed by atoms with E-state index in [0.717, 1.165) is 24.8 Å². The number of carbonyl (C=O) groups excluding carboxylic acids is 1. The Morgan fingerprint density at radius 2 is 2.24 bits per heavy atom. The highest BCUT2D eigenvalue weighted by atomic mass is 35.5. The van der Waals surface area contributed by atoms with E-state index in [0.29, 0.717) is 15.2 Å². The molecule has 2 heterocycles. The van der Waals surface area contributed by atoms with Gasteiger partial charge in [-0.3, -0.25) is 4.79 Å². The lowest BCUT2D eigenvalue weighted by atomic mass is 10.2. The van der Waals surface area contributed by atoms with E-state index >= 15 is 0 Å². The molecule has 128 valence electrons. The number of hydrogen-bond acceptors (Lipinski definition) is 6. The summed E-state index contributed by atoms with van der Waals surface area (Å²) < 4.78 is 5.15. The molecular formula is C17H13ClN2O4S. The van der Waals surface area contributed by atoms with Crippen molar-refractivity contribution in [1.29, 1.82) is 0 Å². The van der Waals surface area contributed by atoms with E-state index in [1.807, 2.05) is 0 Å². The van der Waals surface area contributed by atoms with Crippen LogP contribution in [0.2, 0.25) is 5.02 Å². The summed E-state index contributed by atoms with van der Waals surface area (Å²) in [5, 5.41) is 10.7. The van der Waals surface area contributed by atoms with Crippen LogP contribution in [0, 0.1) is 0 Å². The van der Waals surface area contributed by atoms with E-state index in [1.54, 1.807) is 0 Å². The van der Waals surface area contributed by atoms with Crippen LogP contribution in [0.4, 0.5) is 0 Å². The molecule has 0 amide bonds. The van der Waals surface area contributed by atoms with Crippen molar-refractivity contribution < 1.29 is 14.6 Å². The first-order chi connectivity index (χ1) is 12.0. The smallest absolute Gasteiger partial charge is 0.342 e. The Hall–Kier alpha value is -2.38. The number of carbonyl (C=O) groups is 1. The first-order valence-corrected chi connectivity index (χ1v) is 8.91. The number of ether oxygens (including phenoxy) is 1. The number of aromatic amines is 1. The third kappa shape index (κ3) is 2.89. The number of thiophene rings is 1. The van der Waals surface area contributed by atoms with Crippen molar-refractivity contribution in [3.8, 4) is 5.75 Å². The summed E-state index contributed by atoms with van der Waals surface area (Å²) in [6, 6.07) is 4.11. The zero-order valence-corrected chi connectivity index (χ0v) is 14.5. The summed E-state index contributed by atoms with van der Waals surface area (Å²) in [7, 11) is 0. The van der Waals surface area contributed by atoms with Gasteiger partial charge in [-0.2, -0.15) is 0 Å². The van der Waals surface area contributed by atoms with Gasteiger partial charge in [-0.25, -0.2) is 9.78 Å². The van der Waals surface area contributed by atoms with Crippen LogP contribution in [0.1, 0.15) is 33.0 Å². The quantitative estimate of drug-likeness (QED) is 0.685. The molecule has 0 spiro atoms. The third-order valence-corrected chi connectivity index (χ3v) is 5.56. The summed E-state index contributed by atoms with van der Waals surface area (Å²) >= 11 is 7.34. The van der Waals surface area contributed by atoms with Crippen molar-refractivity contribution in [2.24, 2.45) is 0 Å². The number of aromatic nitrogens is 2. The number of H-pyrrole nitrogens is 1. The average molecular weight is 377 g/mol. The maximum Gasteiger partial charge on any atom is 0.342 e. The van der Waals surface area contributed by atoms with Gasteiger partial charge in [0.05, 0.1) is 5.39 Å². The van der Waals surface area contributed by atoms with E-state index < -0.39 is 5.97 Å². The number of benzene rings is 1. The molecule has 25 heavy (non-hydrogen) atoms. The fourth-order valence-electron chi connectivity index (χ4n) is 3.00. The number of fused-ring (bicyclic) bond motifs is 3. The van der Waals surface area contributed by atoms with Crippen molar-refractivity contribution in [3.05, 3.63) is 55.4 Å². The molecule has 1 aliphatic rings. The van der Waals surface area contributed by atoms with Gasteiger partial charge in [0.25, 0.3) is 5.56 Å². The molecule has 2 N–H and O–H groups in total. The first kappa shape index (κ1) is 16.1. The number of nitrogens with zero attached hydrogens (tertiary/aromatic N) is 1. The van der Waals surface area contributed by atoms with Crippen molar-refractivity contribution in [3.63, 3.8) is 0 Å². The van der Waals surface area contributed by atoms with Crippen molar-refractivity contribution in [1.82, 2.24) is 9.97 Å². The Balaban J connectivity index is 1.58. The SMILES string of the molecule is O=C(OCc1nc2sc3c(c2c(=O)[nH]1)CCC3)c1cc(Cl)ccc1O. The van der Waals surface area contributed by atoms with Crippen LogP contribution >= 0.6 is 22.9 Å². The standard InChI is InChI=1S/C17H13ClN2O4S/c18-8-4-5-11(21)10(6-8)17(23)24-7-13-19-15(22)14-9-2-1-3-12(9)25-16(14)20-13/h4-6,21H,1-3,7H2,(H,19,20,22). The van der Waals surface area contributed by atoms with Crippen molar-refractivity contribution in [2.45, 2.75) is 25.9 Å². The van der Waals surface area contributed by atoms with Crippen LogP contribution in [-0.4, -0.2) is 21.0 Å². The Morgan fingerprint density at radius 1 is 1.40 bits per heavy atom. The summed E-state index contributed by atoms with van der Waals surface area (Å²) in [6.07, 6.45) is 2.95. The Labute approximate surface area is 151 Å². The lowest BCUT2D eigenvalue weighted by molar-refractivity contribution is 0.0459. The average Bonchev–Trinajstić information content (AvgIpc) is 3.15. The highest BCUT2D eigenvalue weighted by Gasteiger charge is 2.21. The maximum atomic E-state index is 12.3. The predicted molar refractivity (Wildman–Crippen MR) is 94.5 cm³/mol. The molecule has 0 saturated carbocycles. The Morgan fingerprint density at radius 3 is 3.08 bits per heavy atom. The second-order valence-electron chi connectivity index (χ2n) is 5.79. The molecule has 0 fully saturated rings. The third-order valence-electron chi connectivity index (χ3n) is 4.14. The van der Waals surface area contributed by atoms with Gasteiger partial charge >= 0.3 is 5.97 Å². The molecular weight excluding hydrogens is 364 g/mol. The van der Waals surface area contributed by atoms with Gasteiger partial charge in [-0.1, -0.05) is 11.6 Å². The normalized spacial score (nSPS) is 13.2. The molecule has 0 unspecified atom stereocenters. The largest absolute Gasteiger partial charge is 0.507 e. The minimum absolute atomic E-state index is 0.0361. The van der Waals surface area contributed by atoms with Crippen LogP contribution in [-0.2, 0) is 24.2 Å². The van der Waals surface area contributed by atoms with Gasteiger partial charge < -0.3 is 14.8 Å². The maximum absolute atomic E-state index is 12.3. The number of hydrogen-bond donors (Lipinski definition) is 2. The van der Waals surface area contributed by atoms with E-state index in [2.05, 4.69) is 9.97 Å². The van der Waals surface area contributed by atoms with Crippen LogP contribution < -0.4 is 5.56 Å². The number of phenols is 1. The number of aromatic hydroxyl groups is 1. The van der Waals surface area contributed by atoms with Gasteiger partial charge in [-0.05, 0) is 43.0 Å². The second-order valence-corrected chi connectivity index (χ2v) is 7.31. The summed E-state index contributed by atoms with van der Waals surface area (Å²) in [4.78, 5) is 33.4. The number of halogens is 1. The first-order valence-electron chi connectivity index (χ1n) is 7.72. The Kier molecular flexibility index (Phi) is 3.97. The molecule has 6 nitrogen and oxygen atoms in total. The molecule has 1 aliphatic carbocycles. The molecule has 3 aromatic rings. The fourth-order valence-corrected chi connectivity index (χ4v) is 4.45. The molecule has 0 atom stereocenters. The molecule has 0 saturated heterocycles. The molecule has 4 rings (SSSR count). The zero-order chi connectivity index (χ0) is 17.6. The van der Waals surface area contributed by atoms with Crippen molar-refractivity contribution in [2.75, 3.05) is 0 Å². The van der Waals surface area contributed by atoms with Crippen LogP contribution in [0.15, 0.2) is 23.0 Å². The number of esters is 1. The molecule has 0 bridgehead atoms. The zero-order valence-electron chi connectivity index (χ0n) is 13.0. The molecule has 2 aromatic heterocycles. The lowest BCUT2D eigenvalue weighted by Crippen LogP contribution is -2.14. The van der Waals surface area contributed by atoms with Gasteiger partial charge in [0, 0.05) is 9.90 Å². The number of nitrogens with one attached hydrogen (secondary N) is 1. The molecule has 0 radical (unpaired) electrons. The van der Waals surface area contributed by atoms with Crippen LogP contribution in [0.5, 0.6) is 5.75 Å². The van der Waals surface area contributed by atoms with Crippen LogP contribution in [0.3, 0.4) is 0 Å². The lowest BCUT2D eigenvalue weighted by Gasteiger charge is -2.06. The minimum atomic E-state index is -0.739. The van der Waals surface area contributed by atoms with Gasteiger partial charge in [-0.15, -0.1) is 11.3 Å². The number of rotatable bonds is 3. The summed E-state index contributed by atoms with van der Waals surface area (Å²) in [6.45, 7) is -0.196. The van der Waals surface area contributed by atoms with E-state index in [1.165, 1.54) is 34.4 Å². The van der Waals surface area contributed by atoms with Crippen molar-refractivity contribution >= 4 is 39.1 Å². The van der Waals surface area contributed by atoms with E-state index in [-0.39, 0.29) is 29.3 Å². The predicted octanol–water partition coefficient (Wildman–Crippen LogP) is 3.19. The molecule has 1 aromatic carbocycles. The van der Waals surface area contributed by atoms with Gasteiger partial charge in [0.2, 0.25) is 0 Å². The summed E-state index contributed by atoms with van der Waals surface area (Å²) in [5.41, 5.74) is 0.855. The highest BCUT2D eigenvalue weighted by molar-refractivity contribution is 7.18. The van der Waals surface area contributed by atoms with Gasteiger partial charge in [0.1, 0.15) is 28.6 Å². The molecule has 8 heteroatoms. The molecule has 0 aliphatic heterocycles. The number of aryl methyl sites for hydroxylation is 2. The Bertz CT molecular complexity index is 1060. The topological polar surface area (TPSA) is 92.3 Å². The van der Waals surface area contributed by atoms with Gasteiger partial charge in [0.15, 0.2) is 0 Å². The van der Waals surface area contributed by atoms with Crippen LogP contribution in [0.25, 0.3) is 10.2 Å². The highest BCUT2D eigenvalue weighted by Crippen LogP contribution is 2.34. The van der Waals surface area contributed by atoms with E-state index in [4.69, 9.17) is 16.3 Å². The monoisotopic (exact) mass is 376 g/mol. The fraction of sp³-hybridized carbons (Fsp3) is 0.235. The van der Waals surface area contributed by atoms with E-state index in [9.17, 15) is 14.7 Å². The number of phenolic OH excluding ortho intramolecular Hbond substituents is 1. The summed E-state index contributed by atoms with van der Waals surface area (Å²) in [5.74, 6) is -0.690. The second kappa shape index (κ2) is 6.16. The minimum Gasteiger partial charge on any atom is -0.507 e.